The third kappa shape index (κ3) is 2.10. The second-order valence-corrected chi connectivity index (χ2v) is 2.00. The number of β-amino-alcohol motifs (C(OH)–C–C–N with tert-alkyl or cyclic N) is 1. The van der Waals surface area contributed by atoms with Gasteiger partial charge in [-0.05, 0) is 0 Å². The van der Waals surface area contributed by atoms with Crippen molar-refractivity contribution >= 4 is 12.4 Å². The first-order valence-electron chi connectivity index (χ1n) is 2.76. The van der Waals surface area contributed by atoms with E-state index in [1.807, 2.05) is 0 Å². The highest BCUT2D eigenvalue weighted by Gasteiger charge is 2.23. The van der Waals surface area contributed by atoms with Gasteiger partial charge in [0.25, 0.3) is 0 Å². The lowest BCUT2D eigenvalue weighted by Gasteiger charge is -2.08. The largest absolute Gasteiger partial charge is 0.389 e. The number of halogens is 1. The molecule has 1 heterocycles. The Balaban J connectivity index is 0.000000640. The molecule has 1 aliphatic heterocycles. The minimum Gasteiger partial charge on any atom is -0.389 e. The van der Waals surface area contributed by atoms with E-state index < -0.39 is 0 Å². The van der Waals surface area contributed by atoms with Crippen molar-refractivity contribution in [2.45, 2.75) is 12.2 Å². The maximum atomic E-state index is 9.00. The van der Waals surface area contributed by atoms with Crippen LogP contribution in [0.25, 0.3) is 0 Å². The number of nitrogens with one attached hydrogen (secondary N) is 1. The summed E-state index contributed by atoms with van der Waals surface area (Å²) in [6.45, 7) is 1.44. The minimum absolute atomic E-state index is 0. The van der Waals surface area contributed by atoms with Gasteiger partial charge < -0.3 is 15.2 Å². The second kappa shape index (κ2) is 4.06. The molecule has 0 radical (unpaired) electrons. The maximum Gasteiger partial charge on any atom is 0.0966 e. The van der Waals surface area contributed by atoms with Crippen molar-refractivity contribution in [3.63, 3.8) is 0 Å². The molecule has 0 aromatic rings. The van der Waals surface area contributed by atoms with Crippen LogP contribution in [0, 0.1) is 0 Å². The number of hydrogen-bond acceptors (Lipinski definition) is 3. The summed E-state index contributed by atoms with van der Waals surface area (Å²) in [7, 11) is 1.61. The zero-order valence-electron chi connectivity index (χ0n) is 5.33. The average Bonchev–Trinajstić information content (AvgIpc) is 2.14. The molecule has 0 aromatic carbocycles. The molecule has 1 aliphatic rings. The van der Waals surface area contributed by atoms with Gasteiger partial charge in [0.05, 0.1) is 12.2 Å². The Labute approximate surface area is 60.8 Å². The van der Waals surface area contributed by atoms with Crippen molar-refractivity contribution in [2.24, 2.45) is 0 Å². The minimum atomic E-state index is -0.306. The highest BCUT2D eigenvalue weighted by atomic mass is 35.5. The molecule has 3 nitrogen and oxygen atoms in total. The highest BCUT2D eigenvalue weighted by Crippen LogP contribution is 2.01. The van der Waals surface area contributed by atoms with Gasteiger partial charge in [0.15, 0.2) is 0 Å². The summed E-state index contributed by atoms with van der Waals surface area (Å²) in [6.07, 6.45) is -0.296. The van der Waals surface area contributed by atoms with Crippen molar-refractivity contribution in [2.75, 3.05) is 20.2 Å². The fourth-order valence-corrected chi connectivity index (χ4v) is 0.881. The van der Waals surface area contributed by atoms with E-state index in [1.54, 1.807) is 7.11 Å². The van der Waals surface area contributed by atoms with Crippen LogP contribution in [-0.4, -0.2) is 37.5 Å². The summed E-state index contributed by atoms with van der Waals surface area (Å²) in [5, 5.41) is 12.0. The third-order valence-corrected chi connectivity index (χ3v) is 1.43. The SMILES string of the molecule is CO[C@H]1CNC[C@H]1O.Cl. The molecular weight excluding hydrogens is 142 g/mol. The second-order valence-electron chi connectivity index (χ2n) is 2.00. The van der Waals surface area contributed by atoms with Crippen LogP contribution in [0.15, 0.2) is 0 Å². The normalized spacial score (nSPS) is 34.0. The summed E-state index contributed by atoms with van der Waals surface area (Å²) < 4.78 is 4.91. The van der Waals surface area contributed by atoms with E-state index in [-0.39, 0.29) is 24.6 Å². The summed E-state index contributed by atoms with van der Waals surface area (Å²) in [5.41, 5.74) is 0. The lowest BCUT2D eigenvalue weighted by atomic mass is 10.3. The molecule has 1 saturated heterocycles. The predicted molar refractivity (Wildman–Crippen MR) is 36.9 cm³/mol. The van der Waals surface area contributed by atoms with E-state index in [0.29, 0.717) is 6.54 Å². The van der Waals surface area contributed by atoms with E-state index in [1.165, 1.54) is 0 Å². The number of methoxy groups -OCH3 is 1. The summed E-state index contributed by atoms with van der Waals surface area (Å²) in [6, 6.07) is 0. The van der Waals surface area contributed by atoms with Gasteiger partial charge in [-0.3, -0.25) is 0 Å². The van der Waals surface area contributed by atoms with E-state index in [0.717, 1.165) is 6.54 Å². The molecule has 0 aromatic heterocycles. The van der Waals surface area contributed by atoms with Gasteiger partial charge in [-0.1, -0.05) is 0 Å². The van der Waals surface area contributed by atoms with Crippen LogP contribution in [0.3, 0.4) is 0 Å². The van der Waals surface area contributed by atoms with Gasteiger partial charge in [0.2, 0.25) is 0 Å². The predicted octanol–water partition coefficient (Wildman–Crippen LogP) is -0.613. The quantitative estimate of drug-likeness (QED) is 0.528. The molecule has 0 unspecified atom stereocenters. The first kappa shape index (κ1) is 9.17. The Bertz CT molecular complexity index is 81.4. The molecule has 9 heavy (non-hydrogen) atoms. The molecule has 1 rings (SSSR count). The Morgan fingerprint density at radius 1 is 1.56 bits per heavy atom. The van der Waals surface area contributed by atoms with Crippen LogP contribution >= 0.6 is 12.4 Å². The van der Waals surface area contributed by atoms with Crippen molar-refractivity contribution in [1.82, 2.24) is 5.32 Å². The molecule has 0 aliphatic carbocycles. The zero-order chi connectivity index (χ0) is 5.98. The molecule has 0 spiro atoms. The Morgan fingerprint density at radius 2 is 2.22 bits per heavy atom. The lowest BCUT2D eigenvalue weighted by Crippen LogP contribution is -2.25. The van der Waals surface area contributed by atoms with Crippen molar-refractivity contribution in [3.05, 3.63) is 0 Å². The van der Waals surface area contributed by atoms with Gasteiger partial charge in [-0.15, -0.1) is 12.4 Å². The first-order chi connectivity index (χ1) is 3.84. The van der Waals surface area contributed by atoms with E-state index in [4.69, 9.17) is 9.84 Å². The molecule has 0 saturated carbocycles. The number of rotatable bonds is 1. The van der Waals surface area contributed by atoms with Gasteiger partial charge in [0, 0.05) is 20.2 Å². The summed E-state index contributed by atoms with van der Waals surface area (Å²) >= 11 is 0. The van der Waals surface area contributed by atoms with E-state index in [2.05, 4.69) is 5.32 Å². The standard InChI is InChI=1S/C5H11NO2.ClH/c1-8-5-3-6-2-4(5)7;/h4-7H,2-3H2,1H3;1H/t4-,5+;/m1./s1. The molecule has 0 amide bonds. The fourth-order valence-electron chi connectivity index (χ4n) is 0.881. The third-order valence-electron chi connectivity index (χ3n) is 1.43. The Kier molecular flexibility index (Phi) is 4.14. The van der Waals surface area contributed by atoms with Gasteiger partial charge in [0.1, 0.15) is 0 Å². The van der Waals surface area contributed by atoms with Crippen molar-refractivity contribution < 1.29 is 9.84 Å². The monoisotopic (exact) mass is 153 g/mol. The average molecular weight is 154 g/mol. The Morgan fingerprint density at radius 3 is 2.44 bits per heavy atom. The molecular formula is C5H12ClNO2. The molecule has 1 fully saturated rings. The smallest absolute Gasteiger partial charge is 0.0966 e. The molecule has 0 bridgehead atoms. The fraction of sp³-hybridized carbons (Fsp3) is 1.00. The topological polar surface area (TPSA) is 41.5 Å². The number of aliphatic hydroxyl groups is 1. The van der Waals surface area contributed by atoms with Gasteiger partial charge >= 0.3 is 0 Å². The zero-order valence-corrected chi connectivity index (χ0v) is 6.15. The molecule has 4 heteroatoms. The number of hydrogen-bond donors (Lipinski definition) is 2. The van der Waals surface area contributed by atoms with Crippen LogP contribution in [-0.2, 0) is 4.74 Å². The summed E-state index contributed by atoms with van der Waals surface area (Å²) in [4.78, 5) is 0. The van der Waals surface area contributed by atoms with Crippen LogP contribution in [0.2, 0.25) is 0 Å². The number of aliphatic hydroxyl groups excluding tert-OH is 1. The van der Waals surface area contributed by atoms with Crippen LogP contribution < -0.4 is 5.32 Å². The van der Waals surface area contributed by atoms with Crippen molar-refractivity contribution in [3.8, 4) is 0 Å². The molecule has 56 valence electrons. The van der Waals surface area contributed by atoms with E-state index >= 15 is 0 Å². The number of ether oxygens (including phenoxy) is 1. The molecule has 2 atom stereocenters. The van der Waals surface area contributed by atoms with Gasteiger partial charge in [-0.25, -0.2) is 0 Å². The van der Waals surface area contributed by atoms with Gasteiger partial charge in [-0.2, -0.15) is 0 Å². The molecule has 2 N–H and O–H groups in total. The maximum absolute atomic E-state index is 9.00. The van der Waals surface area contributed by atoms with E-state index in [9.17, 15) is 0 Å². The van der Waals surface area contributed by atoms with Crippen LogP contribution in [0.4, 0.5) is 0 Å². The summed E-state index contributed by atoms with van der Waals surface area (Å²) in [5.74, 6) is 0. The van der Waals surface area contributed by atoms with Crippen LogP contribution in [0.1, 0.15) is 0 Å². The Hall–Kier alpha value is 0.170. The van der Waals surface area contributed by atoms with Crippen molar-refractivity contribution in [1.29, 1.82) is 0 Å². The van der Waals surface area contributed by atoms with Crippen LogP contribution in [0.5, 0.6) is 0 Å². The highest BCUT2D eigenvalue weighted by molar-refractivity contribution is 5.85. The first-order valence-corrected chi connectivity index (χ1v) is 2.76. The lowest BCUT2D eigenvalue weighted by molar-refractivity contribution is 0.0217.